The van der Waals surface area contributed by atoms with E-state index in [9.17, 15) is 9.59 Å². The maximum absolute atomic E-state index is 13.6. The number of hydrogen-bond acceptors (Lipinski definition) is 5. The van der Waals surface area contributed by atoms with Crippen molar-refractivity contribution < 1.29 is 14.3 Å². The van der Waals surface area contributed by atoms with E-state index in [4.69, 9.17) is 15.5 Å². The minimum atomic E-state index is -0.306. The Morgan fingerprint density at radius 3 is 2.63 bits per heavy atom. The molecule has 2 amide bonds. The normalized spacial score (nSPS) is 25.6. The number of methoxy groups -OCH3 is 1. The van der Waals surface area contributed by atoms with Crippen molar-refractivity contribution in [1.29, 1.82) is 0 Å². The third-order valence-corrected chi connectivity index (χ3v) is 8.21. The number of aromatic nitrogens is 2. The molecule has 0 radical (unpaired) electrons. The van der Waals surface area contributed by atoms with Gasteiger partial charge in [0.1, 0.15) is 5.82 Å². The number of hydrogen-bond donors (Lipinski definition) is 1. The summed E-state index contributed by atoms with van der Waals surface area (Å²) in [5.41, 5.74) is 8.57. The lowest BCUT2D eigenvalue weighted by Gasteiger charge is -2.35. The van der Waals surface area contributed by atoms with E-state index in [2.05, 4.69) is 22.8 Å². The largest absolute Gasteiger partial charge is 0.385 e. The van der Waals surface area contributed by atoms with Crippen LogP contribution < -0.4 is 5.73 Å². The Labute approximate surface area is 207 Å². The Balaban J connectivity index is 1.29. The average molecular weight is 482 g/mol. The highest BCUT2D eigenvalue weighted by molar-refractivity contribution is 5.84. The fourth-order valence-corrected chi connectivity index (χ4v) is 6.33. The summed E-state index contributed by atoms with van der Waals surface area (Å²) in [6.45, 7) is 3.92. The lowest BCUT2D eigenvalue weighted by atomic mass is 9.94. The Morgan fingerprint density at radius 2 is 1.83 bits per heavy atom. The lowest BCUT2D eigenvalue weighted by Crippen LogP contribution is -2.47. The number of nitrogens with two attached hydrogens (primary N) is 1. The zero-order valence-electron chi connectivity index (χ0n) is 20.9. The van der Waals surface area contributed by atoms with Gasteiger partial charge in [0.05, 0.1) is 17.0 Å². The van der Waals surface area contributed by atoms with Gasteiger partial charge in [-0.1, -0.05) is 25.0 Å². The van der Waals surface area contributed by atoms with Crippen molar-refractivity contribution in [3.05, 3.63) is 30.1 Å². The van der Waals surface area contributed by atoms with Crippen LogP contribution in [-0.4, -0.2) is 77.1 Å². The first-order chi connectivity index (χ1) is 17.1. The van der Waals surface area contributed by atoms with Gasteiger partial charge in [-0.25, -0.2) is 4.98 Å². The molecular formula is C27H39N5O3. The van der Waals surface area contributed by atoms with E-state index in [0.29, 0.717) is 26.2 Å². The zero-order valence-corrected chi connectivity index (χ0v) is 20.9. The first-order valence-corrected chi connectivity index (χ1v) is 13.3. The van der Waals surface area contributed by atoms with Gasteiger partial charge in [0.25, 0.3) is 0 Å². The third kappa shape index (κ3) is 4.96. The van der Waals surface area contributed by atoms with Gasteiger partial charge >= 0.3 is 0 Å². The predicted molar refractivity (Wildman–Crippen MR) is 135 cm³/mol. The van der Waals surface area contributed by atoms with Crippen molar-refractivity contribution in [2.75, 3.05) is 39.9 Å². The average Bonchev–Trinajstić information content (AvgIpc) is 3.63. The summed E-state index contributed by atoms with van der Waals surface area (Å²) in [6, 6.07) is 7.97. The van der Waals surface area contributed by atoms with E-state index < -0.39 is 0 Å². The van der Waals surface area contributed by atoms with Crippen molar-refractivity contribution in [2.24, 2.45) is 17.6 Å². The molecule has 5 rings (SSSR count). The number of carbonyl (C=O) groups is 2. The number of rotatable bonds is 7. The molecule has 2 aliphatic heterocycles. The minimum Gasteiger partial charge on any atom is -0.385 e. The summed E-state index contributed by atoms with van der Waals surface area (Å²) in [5, 5.41) is 0. The number of likely N-dealkylation sites (tertiary alicyclic amines) is 2. The Morgan fingerprint density at radius 1 is 1.03 bits per heavy atom. The number of imidazole rings is 1. The van der Waals surface area contributed by atoms with Crippen LogP contribution in [0.2, 0.25) is 0 Å². The van der Waals surface area contributed by atoms with Gasteiger partial charge in [0.2, 0.25) is 11.8 Å². The smallest absolute Gasteiger partial charge is 0.229 e. The quantitative estimate of drug-likeness (QED) is 0.614. The monoisotopic (exact) mass is 481 g/mol. The van der Waals surface area contributed by atoms with Gasteiger partial charge in [-0.2, -0.15) is 0 Å². The molecule has 3 heterocycles. The molecule has 2 N–H and O–H groups in total. The van der Waals surface area contributed by atoms with E-state index in [0.717, 1.165) is 74.9 Å². The molecule has 1 aromatic carbocycles. The Bertz CT molecular complexity index is 1050. The van der Waals surface area contributed by atoms with Crippen molar-refractivity contribution in [3.8, 4) is 0 Å². The molecule has 0 bridgehead atoms. The van der Waals surface area contributed by atoms with Gasteiger partial charge in [0.15, 0.2) is 0 Å². The molecule has 1 aliphatic carbocycles. The van der Waals surface area contributed by atoms with Gasteiger partial charge < -0.3 is 24.8 Å². The number of aryl methyl sites for hydroxylation is 1. The fraction of sp³-hybridized carbons (Fsp3) is 0.667. The predicted octanol–water partition coefficient (Wildman–Crippen LogP) is 2.75. The highest BCUT2D eigenvalue weighted by Crippen LogP contribution is 2.32. The molecule has 35 heavy (non-hydrogen) atoms. The van der Waals surface area contributed by atoms with Gasteiger partial charge in [-0.3, -0.25) is 9.59 Å². The molecule has 3 aliphatic rings. The zero-order chi connectivity index (χ0) is 24.4. The van der Waals surface area contributed by atoms with Crippen molar-refractivity contribution in [2.45, 2.75) is 63.5 Å². The summed E-state index contributed by atoms with van der Waals surface area (Å²) >= 11 is 0. The molecule has 8 nitrogen and oxygen atoms in total. The second-order valence-corrected chi connectivity index (χ2v) is 10.6. The number of fused-ring (bicyclic) bond motifs is 1. The van der Waals surface area contributed by atoms with Gasteiger partial charge in [0, 0.05) is 64.3 Å². The maximum atomic E-state index is 13.6. The second kappa shape index (κ2) is 10.7. The van der Waals surface area contributed by atoms with Crippen LogP contribution in [0.1, 0.15) is 56.7 Å². The van der Waals surface area contributed by atoms with Crippen molar-refractivity contribution >= 4 is 22.8 Å². The second-order valence-electron chi connectivity index (χ2n) is 10.6. The van der Waals surface area contributed by atoms with Crippen LogP contribution in [0.15, 0.2) is 24.3 Å². The number of benzene rings is 1. The van der Waals surface area contributed by atoms with E-state index in [1.165, 1.54) is 0 Å². The first kappa shape index (κ1) is 24.3. The maximum Gasteiger partial charge on any atom is 0.229 e. The van der Waals surface area contributed by atoms with Crippen LogP contribution >= 0.6 is 0 Å². The summed E-state index contributed by atoms with van der Waals surface area (Å²) in [7, 11) is 1.73. The highest BCUT2D eigenvalue weighted by atomic mass is 16.5. The third-order valence-electron chi connectivity index (χ3n) is 8.21. The van der Waals surface area contributed by atoms with Crippen molar-refractivity contribution in [1.82, 2.24) is 19.4 Å². The van der Waals surface area contributed by atoms with Crippen LogP contribution in [-0.2, 0) is 20.9 Å². The van der Waals surface area contributed by atoms with Crippen LogP contribution in [0.4, 0.5) is 0 Å². The first-order valence-electron chi connectivity index (χ1n) is 13.3. The van der Waals surface area contributed by atoms with E-state index >= 15 is 0 Å². The standard InChI is InChI=1S/C27H39N5O3/c1-35-15-7-14-32-24-12-5-4-11-23(24)29-25(32)20-10-6-13-30(16-20)27(34)21-17-31(18-22(21)28)26(33)19-8-2-3-9-19/h4-5,11-12,19-22H,2-3,6-10,13-18,28H2,1H3/t20?,21-,22-/m1/s1. The topological polar surface area (TPSA) is 93.7 Å². The summed E-state index contributed by atoms with van der Waals surface area (Å²) in [6.07, 6.45) is 7.09. The number of nitrogens with zero attached hydrogens (tertiary/aromatic N) is 4. The molecule has 2 saturated heterocycles. The molecule has 190 valence electrons. The molecule has 1 unspecified atom stereocenters. The van der Waals surface area contributed by atoms with E-state index in [1.54, 1.807) is 7.11 Å². The minimum absolute atomic E-state index is 0.103. The molecule has 0 spiro atoms. The number of carbonyl (C=O) groups excluding carboxylic acids is 2. The molecular weight excluding hydrogens is 442 g/mol. The summed E-state index contributed by atoms with van der Waals surface area (Å²) < 4.78 is 7.60. The van der Waals surface area contributed by atoms with E-state index in [-0.39, 0.29) is 35.6 Å². The number of amides is 2. The molecule has 1 saturated carbocycles. The summed E-state index contributed by atoms with van der Waals surface area (Å²) in [4.78, 5) is 35.4. The Hall–Kier alpha value is -2.45. The highest BCUT2D eigenvalue weighted by Gasteiger charge is 2.42. The molecule has 2 aromatic rings. The van der Waals surface area contributed by atoms with E-state index in [1.807, 2.05) is 15.9 Å². The van der Waals surface area contributed by atoms with Crippen LogP contribution in [0, 0.1) is 11.8 Å². The number of para-hydroxylation sites is 2. The summed E-state index contributed by atoms with van der Waals surface area (Å²) in [5.74, 6) is 1.38. The van der Waals surface area contributed by atoms with Gasteiger partial charge in [-0.15, -0.1) is 0 Å². The number of ether oxygens (including phenoxy) is 1. The number of piperidine rings is 1. The fourth-order valence-electron chi connectivity index (χ4n) is 6.33. The Kier molecular flexibility index (Phi) is 7.39. The lowest BCUT2D eigenvalue weighted by molar-refractivity contribution is -0.137. The van der Waals surface area contributed by atoms with Crippen molar-refractivity contribution in [3.63, 3.8) is 0 Å². The van der Waals surface area contributed by atoms with Crippen LogP contribution in [0.5, 0.6) is 0 Å². The molecule has 3 fully saturated rings. The molecule has 8 heteroatoms. The van der Waals surface area contributed by atoms with Crippen LogP contribution in [0.25, 0.3) is 11.0 Å². The molecule has 1 aromatic heterocycles. The van der Waals surface area contributed by atoms with Crippen LogP contribution in [0.3, 0.4) is 0 Å². The molecule has 3 atom stereocenters. The van der Waals surface area contributed by atoms with Gasteiger partial charge in [-0.05, 0) is 44.2 Å². The SMILES string of the molecule is COCCCn1c(C2CCCN(C(=O)[C@@H]3CN(C(=O)C4CCCC4)C[C@H]3N)C2)nc2ccccc21.